The second-order valence-electron chi connectivity index (χ2n) is 7.22. The molecule has 0 atom stereocenters. The monoisotopic (exact) mass is 381 g/mol. The van der Waals surface area contributed by atoms with E-state index in [9.17, 15) is 9.59 Å². The molecule has 2 amide bonds. The molecule has 6 heteroatoms. The van der Waals surface area contributed by atoms with E-state index in [0.29, 0.717) is 18.7 Å². The lowest BCUT2D eigenvalue weighted by atomic mass is 10.0. The van der Waals surface area contributed by atoms with Crippen LogP contribution in [0.15, 0.2) is 54.6 Å². The molecule has 0 aromatic heterocycles. The quantitative estimate of drug-likeness (QED) is 0.863. The van der Waals surface area contributed by atoms with Crippen LogP contribution in [0.5, 0.6) is 0 Å². The van der Waals surface area contributed by atoms with Crippen molar-refractivity contribution in [2.45, 2.75) is 25.5 Å². The Labute approximate surface area is 166 Å². The number of anilines is 1. The summed E-state index contributed by atoms with van der Waals surface area (Å²) in [5, 5.41) is 3.07. The van der Waals surface area contributed by atoms with E-state index < -0.39 is 0 Å². The van der Waals surface area contributed by atoms with Crippen LogP contribution >= 0.6 is 0 Å². The maximum atomic E-state index is 12.4. The summed E-state index contributed by atoms with van der Waals surface area (Å²) in [6.07, 6.45) is 1.15. The molecule has 1 heterocycles. The van der Waals surface area contributed by atoms with Gasteiger partial charge in [-0.1, -0.05) is 30.3 Å². The van der Waals surface area contributed by atoms with E-state index in [1.807, 2.05) is 73.6 Å². The number of rotatable bonds is 5. The van der Waals surface area contributed by atoms with E-state index >= 15 is 0 Å². The van der Waals surface area contributed by atoms with Gasteiger partial charge >= 0.3 is 6.09 Å². The molecule has 3 rings (SSSR count). The number of likely N-dealkylation sites (tertiary alicyclic amines) is 1. The van der Waals surface area contributed by atoms with Crippen LogP contribution in [0.2, 0.25) is 0 Å². The fraction of sp³-hybridized carbons (Fsp3) is 0.364. The SMILES string of the molecule is CN(C)c1ccc(C(=O)NC2CCN(C(=O)OCc3ccccc3)CC2)cc1. The summed E-state index contributed by atoms with van der Waals surface area (Å²) in [5.41, 5.74) is 2.67. The van der Waals surface area contributed by atoms with Crippen LogP contribution < -0.4 is 10.2 Å². The molecule has 0 bridgehead atoms. The Bertz CT molecular complexity index is 782. The second kappa shape index (κ2) is 9.26. The minimum absolute atomic E-state index is 0.0687. The van der Waals surface area contributed by atoms with Gasteiger partial charge in [0, 0.05) is 44.5 Å². The third kappa shape index (κ3) is 5.25. The van der Waals surface area contributed by atoms with Crippen LogP contribution in [-0.4, -0.2) is 50.1 Å². The third-order valence-electron chi connectivity index (χ3n) is 4.94. The maximum absolute atomic E-state index is 12.4. The fourth-order valence-corrected chi connectivity index (χ4v) is 3.20. The van der Waals surface area contributed by atoms with Crippen molar-refractivity contribution in [3.05, 3.63) is 65.7 Å². The van der Waals surface area contributed by atoms with Crippen LogP contribution in [0, 0.1) is 0 Å². The molecular formula is C22H27N3O3. The highest BCUT2D eigenvalue weighted by molar-refractivity contribution is 5.94. The first-order valence-electron chi connectivity index (χ1n) is 9.57. The highest BCUT2D eigenvalue weighted by Gasteiger charge is 2.25. The molecule has 1 saturated heterocycles. The predicted octanol–water partition coefficient (Wildman–Crippen LogP) is 3.28. The molecular weight excluding hydrogens is 354 g/mol. The summed E-state index contributed by atoms with van der Waals surface area (Å²) in [7, 11) is 3.93. The van der Waals surface area contributed by atoms with Crippen LogP contribution in [0.3, 0.4) is 0 Å². The number of amides is 2. The number of carbonyl (C=O) groups excluding carboxylic acids is 2. The van der Waals surface area contributed by atoms with E-state index in [4.69, 9.17) is 4.74 Å². The standard InChI is InChI=1S/C22H27N3O3/c1-24(2)20-10-8-18(9-11-20)21(26)23-19-12-14-25(15-13-19)22(27)28-16-17-6-4-3-5-7-17/h3-11,19H,12-16H2,1-2H3,(H,23,26). The first kappa shape index (κ1) is 19.7. The minimum atomic E-state index is -0.298. The number of hydrogen-bond donors (Lipinski definition) is 1. The Morgan fingerprint density at radius 2 is 1.68 bits per heavy atom. The van der Waals surface area contributed by atoms with Crippen molar-refractivity contribution < 1.29 is 14.3 Å². The first-order valence-corrected chi connectivity index (χ1v) is 9.57. The topological polar surface area (TPSA) is 61.9 Å². The van der Waals surface area contributed by atoms with Gasteiger partial charge in [-0.2, -0.15) is 0 Å². The highest BCUT2D eigenvalue weighted by Crippen LogP contribution is 2.15. The van der Waals surface area contributed by atoms with Gasteiger partial charge < -0.3 is 19.9 Å². The molecule has 2 aromatic carbocycles. The van der Waals surface area contributed by atoms with Crippen LogP contribution in [-0.2, 0) is 11.3 Å². The van der Waals surface area contributed by atoms with Crippen LogP contribution in [0.4, 0.5) is 10.5 Å². The average molecular weight is 381 g/mol. The molecule has 6 nitrogen and oxygen atoms in total. The third-order valence-corrected chi connectivity index (χ3v) is 4.94. The smallest absolute Gasteiger partial charge is 0.410 e. The number of benzene rings is 2. The van der Waals surface area contributed by atoms with Crippen LogP contribution in [0.25, 0.3) is 0 Å². The first-order chi connectivity index (χ1) is 13.5. The molecule has 1 N–H and O–H groups in total. The molecule has 148 valence electrons. The maximum Gasteiger partial charge on any atom is 0.410 e. The van der Waals surface area contributed by atoms with Crippen molar-refractivity contribution in [2.75, 3.05) is 32.1 Å². The van der Waals surface area contributed by atoms with E-state index in [2.05, 4.69) is 5.32 Å². The zero-order valence-corrected chi connectivity index (χ0v) is 16.4. The lowest BCUT2D eigenvalue weighted by Crippen LogP contribution is -2.46. The van der Waals surface area contributed by atoms with Gasteiger partial charge in [0.05, 0.1) is 0 Å². The molecule has 1 fully saturated rings. The molecule has 28 heavy (non-hydrogen) atoms. The average Bonchev–Trinajstić information content (AvgIpc) is 2.73. The lowest BCUT2D eigenvalue weighted by Gasteiger charge is -2.31. The van der Waals surface area contributed by atoms with Crippen molar-refractivity contribution in [1.82, 2.24) is 10.2 Å². The summed E-state index contributed by atoms with van der Waals surface area (Å²) >= 11 is 0. The highest BCUT2D eigenvalue weighted by atomic mass is 16.6. The summed E-state index contributed by atoms with van der Waals surface area (Å²) < 4.78 is 5.38. The van der Waals surface area contributed by atoms with Gasteiger partial charge in [-0.15, -0.1) is 0 Å². The summed E-state index contributed by atoms with van der Waals surface area (Å²) in [6, 6.07) is 17.2. The normalized spacial score (nSPS) is 14.4. The van der Waals surface area contributed by atoms with Gasteiger partial charge in [-0.25, -0.2) is 4.79 Å². The van der Waals surface area contributed by atoms with Crippen molar-refractivity contribution in [1.29, 1.82) is 0 Å². The van der Waals surface area contributed by atoms with Gasteiger partial charge in [0.25, 0.3) is 5.91 Å². The molecule has 0 radical (unpaired) electrons. The van der Waals surface area contributed by atoms with Crippen LogP contribution in [0.1, 0.15) is 28.8 Å². The molecule has 1 aliphatic heterocycles. The zero-order chi connectivity index (χ0) is 19.9. The van der Waals surface area contributed by atoms with Gasteiger partial charge in [0.2, 0.25) is 0 Å². The fourth-order valence-electron chi connectivity index (χ4n) is 3.20. The van der Waals surface area contributed by atoms with E-state index in [1.54, 1.807) is 4.90 Å². The van der Waals surface area contributed by atoms with Gasteiger partial charge in [0.15, 0.2) is 0 Å². The number of carbonyl (C=O) groups is 2. The van der Waals surface area contributed by atoms with Gasteiger partial charge in [-0.3, -0.25) is 4.79 Å². The van der Waals surface area contributed by atoms with E-state index in [0.717, 1.165) is 24.1 Å². The molecule has 2 aromatic rings. The number of ether oxygens (including phenoxy) is 1. The summed E-state index contributed by atoms with van der Waals surface area (Å²) in [5.74, 6) is -0.0737. The van der Waals surface area contributed by atoms with Crippen molar-refractivity contribution in [3.8, 4) is 0 Å². The lowest BCUT2D eigenvalue weighted by molar-refractivity contribution is 0.0809. The van der Waals surface area contributed by atoms with E-state index in [-0.39, 0.29) is 24.6 Å². The van der Waals surface area contributed by atoms with Crippen molar-refractivity contribution in [2.24, 2.45) is 0 Å². The Balaban J connectivity index is 1.43. The minimum Gasteiger partial charge on any atom is -0.445 e. The second-order valence-corrected chi connectivity index (χ2v) is 7.22. The number of nitrogens with zero attached hydrogens (tertiary/aromatic N) is 2. The molecule has 0 spiro atoms. The molecule has 1 aliphatic rings. The Morgan fingerprint density at radius 1 is 1.04 bits per heavy atom. The van der Waals surface area contributed by atoms with E-state index in [1.165, 1.54) is 0 Å². The number of piperidine rings is 1. The molecule has 0 aliphatic carbocycles. The molecule has 0 saturated carbocycles. The largest absolute Gasteiger partial charge is 0.445 e. The van der Waals surface area contributed by atoms with Crippen molar-refractivity contribution in [3.63, 3.8) is 0 Å². The zero-order valence-electron chi connectivity index (χ0n) is 16.4. The molecule has 0 unspecified atom stereocenters. The Hall–Kier alpha value is -3.02. The summed E-state index contributed by atoms with van der Waals surface area (Å²) in [4.78, 5) is 28.4. The van der Waals surface area contributed by atoms with Crippen molar-refractivity contribution >= 4 is 17.7 Å². The Kier molecular flexibility index (Phi) is 6.53. The number of hydrogen-bond acceptors (Lipinski definition) is 4. The Morgan fingerprint density at radius 3 is 2.29 bits per heavy atom. The van der Waals surface area contributed by atoms with Gasteiger partial charge in [0.1, 0.15) is 6.61 Å². The summed E-state index contributed by atoms with van der Waals surface area (Å²) in [6.45, 7) is 1.44. The van der Waals surface area contributed by atoms with Gasteiger partial charge in [-0.05, 0) is 42.7 Å². The number of nitrogens with one attached hydrogen (secondary N) is 1. The predicted molar refractivity (Wildman–Crippen MR) is 109 cm³/mol.